The average molecular weight is 141 g/mol. The number of nitrogens with zero attached hydrogens (tertiary/aromatic N) is 2. The number of amides is 1. The monoisotopic (exact) mass is 141 g/mol. The molecule has 0 radical (unpaired) electrons. The summed E-state index contributed by atoms with van der Waals surface area (Å²) in [5, 5.41) is 3.56. The minimum atomic E-state index is 0.354. The molecule has 1 amide bonds. The molecule has 0 bridgehead atoms. The number of carbonyl (C=O) groups is 1. The molecular formula is C5H7N3O2. The van der Waals surface area contributed by atoms with Crippen LogP contribution in [0.1, 0.15) is 0 Å². The van der Waals surface area contributed by atoms with Gasteiger partial charge in [-0.1, -0.05) is 0 Å². The Labute approximate surface area is 57.0 Å². The van der Waals surface area contributed by atoms with Gasteiger partial charge in [0.25, 0.3) is 0 Å². The Hall–Kier alpha value is -1.52. The highest BCUT2D eigenvalue weighted by Crippen LogP contribution is 1.73. The SMILES string of the molecule is Cn1cco/c1=N/NC=O. The molecule has 0 aromatic carbocycles. The number of aryl methyl sites for hydroxylation is 1. The highest BCUT2D eigenvalue weighted by Gasteiger charge is 1.86. The summed E-state index contributed by atoms with van der Waals surface area (Å²) in [5.74, 6) is 0. The van der Waals surface area contributed by atoms with Crippen molar-refractivity contribution in [3.05, 3.63) is 18.1 Å². The second-order valence-corrected chi connectivity index (χ2v) is 1.66. The molecule has 0 aliphatic heterocycles. The summed E-state index contributed by atoms with van der Waals surface area (Å²) >= 11 is 0. The first-order valence-electron chi connectivity index (χ1n) is 2.67. The molecule has 0 aliphatic carbocycles. The van der Waals surface area contributed by atoms with Crippen molar-refractivity contribution in [3.63, 3.8) is 0 Å². The molecule has 0 fully saturated rings. The Bertz CT molecular complexity index is 272. The van der Waals surface area contributed by atoms with Crippen molar-refractivity contribution in [3.8, 4) is 0 Å². The van der Waals surface area contributed by atoms with E-state index in [9.17, 15) is 4.79 Å². The highest BCUT2D eigenvalue weighted by atomic mass is 16.3. The molecule has 54 valence electrons. The number of hydrogen-bond donors (Lipinski definition) is 1. The third-order valence-corrected chi connectivity index (χ3v) is 0.973. The fourth-order valence-corrected chi connectivity index (χ4v) is 0.516. The molecule has 1 N–H and O–H groups in total. The normalized spacial score (nSPS) is 11.5. The maximum Gasteiger partial charge on any atom is 0.318 e. The standard InChI is InChI=1S/C5H7N3O2/c1-8-2-3-10-5(8)7-6-4-9/h2-4H,1H3,(H,6,9)/b7-5+. The van der Waals surface area contributed by atoms with E-state index in [4.69, 9.17) is 4.42 Å². The van der Waals surface area contributed by atoms with Crippen molar-refractivity contribution >= 4 is 6.41 Å². The van der Waals surface area contributed by atoms with E-state index in [1.54, 1.807) is 17.8 Å². The first-order chi connectivity index (χ1) is 4.84. The molecule has 5 heteroatoms. The van der Waals surface area contributed by atoms with Crippen LogP contribution in [0.25, 0.3) is 0 Å². The fraction of sp³-hybridized carbons (Fsp3) is 0.200. The summed E-state index contributed by atoms with van der Waals surface area (Å²) in [5.41, 5.74) is 2.48. The Balaban J connectivity index is 2.91. The Kier molecular flexibility index (Phi) is 1.89. The largest absolute Gasteiger partial charge is 0.431 e. The summed E-state index contributed by atoms with van der Waals surface area (Å²) in [6, 6.07) is 0. The maximum atomic E-state index is 9.76. The molecule has 0 saturated heterocycles. The smallest absolute Gasteiger partial charge is 0.318 e. The van der Waals surface area contributed by atoms with Crippen molar-refractivity contribution < 1.29 is 9.21 Å². The quantitative estimate of drug-likeness (QED) is 0.432. The first kappa shape index (κ1) is 6.60. The van der Waals surface area contributed by atoms with Gasteiger partial charge in [0, 0.05) is 13.2 Å². The number of carbonyl (C=O) groups excluding carboxylic acids is 1. The van der Waals surface area contributed by atoms with Gasteiger partial charge in [0.1, 0.15) is 6.26 Å². The maximum absolute atomic E-state index is 9.76. The van der Waals surface area contributed by atoms with Gasteiger partial charge in [-0.25, -0.2) is 5.43 Å². The van der Waals surface area contributed by atoms with Crippen LogP contribution in [0.2, 0.25) is 0 Å². The van der Waals surface area contributed by atoms with E-state index in [2.05, 4.69) is 10.5 Å². The molecule has 0 aliphatic rings. The van der Waals surface area contributed by atoms with E-state index in [-0.39, 0.29) is 0 Å². The Morgan fingerprint density at radius 1 is 1.90 bits per heavy atom. The molecule has 10 heavy (non-hydrogen) atoms. The predicted octanol–water partition coefficient (Wildman–Crippen LogP) is -0.820. The van der Waals surface area contributed by atoms with Gasteiger partial charge in [0.15, 0.2) is 0 Å². The topological polar surface area (TPSA) is 59.5 Å². The molecule has 0 unspecified atom stereocenters. The number of nitrogens with one attached hydrogen (secondary N) is 1. The van der Waals surface area contributed by atoms with E-state index in [0.29, 0.717) is 12.1 Å². The van der Waals surface area contributed by atoms with Crippen molar-refractivity contribution in [2.45, 2.75) is 0 Å². The van der Waals surface area contributed by atoms with Crippen molar-refractivity contribution in [2.75, 3.05) is 0 Å². The average Bonchev–Trinajstić information content (AvgIpc) is 2.31. The number of oxazole rings is 1. The third kappa shape index (κ3) is 1.25. The Morgan fingerprint density at radius 2 is 2.70 bits per heavy atom. The number of rotatable bonds is 2. The van der Waals surface area contributed by atoms with Crippen molar-refractivity contribution in [1.29, 1.82) is 0 Å². The van der Waals surface area contributed by atoms with E-state index in [1.165, 1.54) is 6.26 Å². The zero-order chi connectivity index (χ0) is 7.40. The van der Waals surface area contributed by atoms with Gasteiger partial charge in [0.2, 0.25) is 6.41 Å². The van der Waals surface area contributed by atoms with Crippen LogP contribution < -0.4 is 11.1 Å². The van der Waals surface area contributed by atoms with Crippen molar-refractivity contribution in [1.82, 2.24) is 9.99 Å². The number of aromatic nitrogens is 1. The van der Waals surface area contributed by atoms with Gasteiger partial charge in [-0.05, 0) is 0 Å². The van der Waals surface area contributed by atoms with Crippen molar-refractivity contribution in [2.24, 2.45) is 12.1 Å². The third-order valence-electron chi connectivity index (χ3n) is 0.973. The van der Waals surface area contributed by atoms with E-state index in [1.807, 2.05) is 0 Å². The lowest BCUT2D eigenvalue weighted by Crippen LogP contribution is -2.16. The summed E-state index contributed by atoms with van der Waals surface area (Å²) in [4.78, 5) is 9.76. The molecule has 1 aromatic rings. The van der Waals surface area contributed by atoms with Crippen LogP contribution in [-0.4, -0.2) is 11.0 Å². The lowest BCUT2D eigenvalue weighted by Gasteiger charge is -1.84. The van der Waals surface area contributed by atoms with Gasteiger partial charge < -0.3 is 8.98 Å². The highest BCUT2D eigenvalue weighted by molar-refractivity contribution is 5.44. The minimum absolute atomic E-state index is 0.354. The van der Waals surface area contributed by atoms with Gasteiger partial charge >= 0.3 is 5.68 Å². The van der Waals surface area contributed by atoms with E-state index >= 15 is 0 Å². The fourth-order valence-electron chi connectivity index (χ4n) is 0.516. The van der Waals surface area contributed by atoms with Crippen LogP contribution in [0.5, 0.6) is 0 Å². The molecular weight excluding hydrogens is 134 g/mol. The number of hydrogen-bond acceptors (Lipinski definition) is 3. The van der Waals surface area contributed by atoms with Gasteiger partial charge in [0.05, 0.1) is 0 Å². The predicted molar refractivity (Wildman–Crippen MR) is 32.4 cm³/mol. The van der Waals surface area contributed by atoms with Gasteiger partial charge in [-0.2, -0.15) is 0 Å². The van der Waals surface area contributed by atoms with Crippen LogP contribution in [0.3, 0.4) is 0 Å². The molecule has 0 spiro atoms. The molecule has 5 nitrogen and oxygen atoms in total. The van der Waals surface area contributed by atoms with Gasteiger partial charge in [-0.15, -0.1) is 5.10 Å². The van der Waals surface area contributed by atoms with Crippen LogP contribution in [0.4, 0.5) is 0 Å². The summed E-state index contributed by atoms with van der Waals surface area (Å²) in [7, 11) is 1.76. The summed E-state index contributed by atoms with van der Waals surface area (Å²) in [6.07, 6.45) is 3.64. The summed E-state index contributed by atoms with van der Waals surface area (Å²) in [6.45, 7) is 0. The molecule has 0 atom stereocenters. The van der Waals surface area contributed by atoms with Gasteiger partial charge in [-0.3, -0.25) is 4.79 Å². The molecule has 1 rings (SSSR count). The van der Waals surface area contributed by atoms with Crippen LogP contribution in [0.15, 0.2) is 22.0 Å². The molecule has 1 aromatic heterocycles. The lowest BCUT2D eigenvalue weighted by atomic mass is 10.9. The lowest BCUT2D eigenvalue weighted by molar-refractivity contribution is -0.109. The molecule has 0 saturated carbocycles. The zero-order valence-electron chi connectivity index (χ0n) is 5.44. The van der Waals surface area contributed by atoms with Crippen LogP contribution in [0, 0.1) is 0 Å². The van der Waals surface area contributed by atoms with Crippen LogP contribution >= 0.6 is 0 Å². The van der Waals surface area contributed by atoms with Crippen LogP contribution in [-0.2, 0) is 11.8 Å². The van der Waals surface area contributed by atoms with E-state index < -0.39 is 0 Å². The van der Waals surface area contributed by atoms with E-state index in [0.717, 1.165) is 0 Å². The minimum Gasteiger partial charge on any atom is -0.431 e. The Morgan fingerprint density at radius 3 is 3.20 bits per heavy atom. The second kappa shape index (κ2) is 2.86. The molecule has 1 heterocycles. The zero-order valence-corrected chi connectivity index (χ0v) is 5.44. The summed E-state index contributed by atoms with van der Waals surface area (Å²) < 4.78 is 6.48. The second-order valence-electron chi connectivity index (χ2n) is 1.66. The first-order valence-corrected chi connectivity index (χ1v) is 2.67.